The highest BCUT2D eigenvalue weighted by Crippen LogP contribution is 2.43. The van der Waals surface area contributed by atoms with E-state index in [0.717, 1.165) is 5.56 Å². The smallest absolute Gasteiger partial charge is 0.257 e. The Kier molecular flexibility index (Phi) is 6.55. The van der Waals surface area contributed by atoms with Gasteiger partial charge in [-0.2, -0.15) is 0 Å². The topological polar surface area (TPSA) is 103 Å². The van der Waals surface area contributed by atoms with Gasteiger partial charge in [-0.3, -0.25) is 9.59 Å². The number of H-pyrrole nitrogens is 1. The van der Waals surface area contributed by atoms with Gasteiger partial charge in [0.2, 0.25) is 5.91 Å². The zero-order chi connectivity index (χ0) is 23.5. The van der Waals surface area contributed by atoms with Crippen LogP contribution in [0.15, 0.2) is 46.3 Å². The molecule has 172 valence electrons. The minimum absolute atomic E-state index is 0.0473. The van der Waals surface area contributed by atoms with Crippen molar-refractivity contribution in [1.82, 2.24) is 9.97 Å². The fourth-order valence-corrected chi connectivity index (χ4v) is 4.56. The summed E-state index contributed by atoms with van der Waals surface area (Å²) >= 11 is 1.28. The molecule has 1 unspecified atom stereocenters. The van der Waals surface area contributed by atoms with Crippen LogP contribution in [0.3, 0.4) is 0 Å². The number of amides is 1. The molecule has 1 aliphatic heterocycles. The number of aromatic amines is 1. The van der Waals surface area contributed by atoms with Gasteiger partial charge in [-0.15, -0.1) is 0 Å². The van der Waals surface area contributed by atoms with Crippen molar-refractivity contribution in [3.8, 4) is 17.2 Å². The number of benzene rings is 2. The van der Waals surface area contributed by atoms with Gasteiger partial charge in [-0.25, -0.2) is 9.37 Å². The molecule has 33 heavy (non-hydrogen) atoms. The van der Waals surface area contributed by atoms with Crippen molar-refractivity contribution in [2.45, 2.75) is 23.2 Å². The quantitative estimate of drug-likeness (QED) is 0.400. The van der Waals surface area contributed by atoms with Gasteiger partial charge in [0.25, 0.3) is 5.56 Å². The Balaban J connectivity index is 1.71. The molecular formula is C23H22FN3O5S. The Hall–Kier alpha value is -3.53. The third kappa shape index (κ3) is 4.65. The van der Waals surface area contributed by atoms with Crippen molar-refractivity contribution >= 4 is 23.5 Å². The van der Waals surface area contributed by atoms with Crippen molar-refractivity contribution in [2.24, 2.45) is 0 Å². The van der Waals surface area contributed by atoms with Gasteiger partial charge in [0.1, 0.15) is 17.4 Å². The highest BCUT2D eigenvalue weighted by atomic mass is 32.2. The number of fused-ring (bicyclic) bond motifs is 1. The molecule has 1 amide bonds. The first-order valence-electron chi connectivity index (χ1n) is 10.0. The summed E-state index contributed by atoms with van der Waals surface area (Å²) in [5.74, 6) is 0.903. The predicted molar refractivity (Wildman–Crippen MR) is 122 cm³/mol. The van der Waals surface area contributed by atoms with E-state index >= 15 is 0 Å². The first kappa shape index (κ1) is 22.7. The van der Waals surface area contributed by atoms with Crippen molar-refractivity contribution in [1.29, 1.82) is 0 Å². The zero-order valence-corrected chi connectivity index (χ0v) is 19.0. The second kappa shape index (κ2) is 9.53. The van der Waals surface area contributed by atoms with Crippen LogP contribution < -0.4 is 25.1 Å². The van der Waals surface area contributed by atoms with E-state index in [-0.39, 0.29) is 29.5 Å². The molecule has 0 aliphatic carbocycles. The van der Waals surface area contributed by atoms with E-state index in [1.807, 2.05) is 0 Å². The Morgan fingerprint density at radius 2 is 1.70 bits per heavy atom. The van der Waals surface area contributed by atoms with E-state index in [9.17, 15) is 14.0 Å². The van der Waals surface area contributed by atoms with Crippen molar-refractivity contribution in [2.75, 3.05) is 26.6 Å². The Labute approximate surface area is 193 Å². The van der Waals surface area contributed by atoms with Crippen molar-refractivity contribution < 1.29 is 23.4 Å². The standard InChI is InChI=1S/C23H22FN3O5S/c1-30-16-10-18(32-3)17(31-2)8-14(16)15-9-19(28)25-21-20(15)22(29)27-23(26-21)33-11-12-4-6-13(24)7-5-12/h4-8,10,15H,9,11H2,1-3H3,(H2,25,26,27,28,29). The number of methoxy groups -OCH3 is 3. The molecule has 1 aromatic heterocycles. The van der Waals surface area contributed by atoms with Crippen molar-refractivity contribution in [3.05, 3.63) is 69.3 Å². The molecule has 0 fully saturated rings. The number of hydrogen-bond acceptors (Lipinski definition) is 7. The molecule has 0 bridgehead atoms. The normalized spacial score (nSPS) is 14.9. The molecule has 0 saturated carbocycles. The molecule has 2 N–H and O–H groups in total. The predicted octanol–water partition coefficient (Wildman–Crippen LogP) is 3.70. The van der Waals surface area contributed by atoms with E-state index in [2.05, 4.69) is 15.3 Å². The molecule has 0 radical (unpaired) electrons. The molecule has 2 aromatic carbocycles. The number of rotatable bonds is 7. The number of hydrogen-bond donors (Lipinski definition) is 2. The van der Waals surface area contributed by atoms with Crippen LogP contribution in [-0.4, -0.2) is 37.2 Å². The van der Waals surface area contributed by atoms with Crippen LogP contribution in [0.1, 0.15) is 29.0 Å². The van der Waals surface area contributed by atoms with Crippen molar-refractivity contribution in [3.63, 3.8) is 0 Å². The van der Waals surface area contributed by atoms with E-state index in [4.69, 9.17) is 14.2 Å². The molecule has 0 spiro atoms. The number of halogens is 1. The summed E-state index contributed by atoms with van der Waals surface area (Å²) in [6.45, 7) is 0. The zero-order valence-electron chi connectivity index (χ0n) is 18.2. The maximum atomic E-state index is 13.1. The molecule has 10 heteroatoms. The first-order chi connectivity index (χ1) is 15.9. The van der Waals surface area contributed by atoms with E-state index in [1.54, 1.807) is 24.3 Å². The van der Waals surface area contributed by atoms with E-state index in [1.165, 1.54) is 45.2 Å². The van der Waals surface area contributed by atoms with Gasteiger partial charge >= 0.3 is 0 Å². The van der Waals surface area contributed by atoms with Crippen LogP contribution in [-0.2, 0) is 10.5 Å². The fourth-order valence-electron chi connectivity index (χ4n) is 3.74. The van der Waals surface area contributed by atoms with Crippen LogP contribution >= 0.6 is 11.8 Å². The lowest BCUT2D eigenvalue weighted by Gasteiger charge is -2.26. The monoisotopic (exact) mass is 471 g/mol. The Morgan fingerprint density at radius 3 is 2.36 bits per heavy atom. The SMILES string of the molecule is COc1cc(OC)c(C2CC(=O)Nc3nc(SCc4ccc(F)cc4)[nH]c(=O)c32)cc1OC. The van der Waals surface area contributed by atoms with Crippen LogP contribution in [0, 0.1) is 5.82 Å². The van der Waals surface area contributed by atoms with Crippen LogP contribution in [0.4, 0.5) is 10.2 Å². The minimum atomic E-state index is -0.587. The average Bonchev–Trinajstić information content (AvgIpc) is 2.82. The van der Waals surface area contributed by atoms with E-state index < -0.39 is 5.92 Å². The third-order valence-corrected chi connectivity index (χ3v) is 6.27. The number of ether oxygens (including phenoxy) is 3. The number of carbonyl (C=O) groups excluding carboxylic acids is 1. The number of carbonyl (C=O) groups is 1. The molecule has 2 heterocycles. The molecule has 4 rings (SSSR count). The van der Waals surface area contributed by atoms with Crippen LogP contribution in [0.2, 0.25) is 0 Å². The largest absolute Gasteiger partial charge is 0.496 e. The molecular weight excluding hydrogens is 449 g/mol. The maximum absolute atomic E-state index is 13.1. The number of anilines is 1. The van der Waals surface area contributed by atoms with Gasteiger partial charge in [-0.05, 0) is 23.8 Å². The molecule has 8 nitrogen and oxygen atoms in total. The number of aromatic nitrogens is 2. The summed E-state index contributed by atoms with van der Waals surface area (Å²) in [7, 11) is 4.53. The summed E-state index contributed by atoms with van der Waals surface area (Å²) in [5, 5.41) is 3.06. The molecule has 3 aromatic rings. The fraction of sp³-hybridized carbons (Fsp3) is 0.261. The van der Waals surface area contributed by atoms with Crippen LogP contribution in [0.25, 0.3) is 0 Å². The van der Waals surface area contributed by atoms with Gasteiger partial charge in [0, 0.05) is 29.7 Å². The highest BCUT2D eigenvalue weighted by Gasteiger charge is 2.33. The molecule has 0 saturated heterocycles. The number of nitrogens with one attached hydrogen (secondary N) is 2. The van der Waals surface area contributed by atoms with Gasteiger partial charge < -0.3 is 24.5 Å². The highest BCUT2D eigenvalue weighted by molar-refractivity contribution is 7.98. The average molecular weight is 472 g/mol. The summed E-state index contributed by atoms with van der Waals surface area (Å²) in [5.41, 5.74) is 1.47. The minimum Gasteiger partial charge on any atom is -0.496 e. The Bertz CT molecular complexity index is 1250. The maximum Gasteiger partial charge on any atom is 0.257 e. The number of nitrogens with zero attached hydrogens (tertiary/aromatic N) is 1. The summed E-state index contributed by atoms with van der Waals surface area (Å²) < 4.78 is 29.4. The lowest BCUT2D eigenvalue weighted by molar-refractivity contribution is -0.116. The summed E-state index contributed by atoms with van der Waals surface area (Å²) in [6, 6.07) is 9.46. The second-order valence-electron chi connectivity index (χ2n) is 7.30. The first-order valence-corrected chi connectivity index (χ1v) is 11.0. The summed E-state index contributed by atoms with van der Waals surface area (Å²) in [6.07, 6.45) is 0.0473. The van der Waals surface area contributed by atoms with Gasteiger partial charge in [-0.1, -0.05) is 23.9 Å². The third-order valence-electron chi connectivity index (χ3n) is 5.33. The van der Waals surface area contributed by atoms with Crippen LogP contribution in [0.5, 0.6) is 17.2 Å². The Morgan fingerprint density at radius 1 is 1.03 bits per heavy atom. The molecule has 1 aliphatic rings. The second-order valence-corrected chi connectivity index (χ2v) is 8.27. The van der Waals surface area contributed by atoms with Gasteiger partial charge in [0.15, 0.2) is 16.7 Å². The van der Waals surface area contributed by atoms with Gasteiger partial charge in [0.05, 0.1) is 26.9 Å². The summed E-state index contributed by atoms with van der Waals surface area (Å²) in [4.78, 5) is 32.9. The molecule has 1 atom stereocenters. The number of thioether (sulfide) groups is 1. The lowest BCUT2D eigenvalue weighted by atomic mass is 9.86. The van der Waals surface area contributed by atoms with E-state index in [0.29, 0.717) is 39.3 Å². The lowest BCUT2D eigenvalue weighted by Crippen LogP contribution is -2.31.